The molecular weight excluding hydrogens is 277 g/mol. The van der Waals surface area contributed by atoms with E-state index in [1.165, 1.54) is 12.1 Å². The Morgan fingerprint density at radius 1 is 1.30 bits per heavy atom. The van der Waals surface area contributed by atoms with E-state index in [-0.39, 0.29) is 17.7 Å². The van der Waals surface area contributed by atoms with Crippen LogP contribution in [0.1, 0.15) is 24.5 Å². The van der Waals surface area contributed by atoms with Crippen LogP contribution in [0.4, 0.5) is 4.39 Å². The summed E-state index contributed by atoms with van der Waals surface area (Å²) in [5, 5.41) is 0. The molecule has 0 radical (unpaired) electrons. The molecule has 102 valence electrons. The van der Waals surface area contributed by atoms with Gasteiger partial charge in [0, 0.05) is 6.20 Å². The van der Waals surface area contributed by atoms with Crippen molar-refractivity contribution in [2.45, 2.75) is 18.8 Å². The molecule has 1 unspecified atom stereocenters. The summed E-state index contributed by atoms with van der Waals surface area (Å²) >= 11 is 5.98. The second-order valence-electron chi connectivity index (χ2n) is 4.60. The fourth-order valence-electron chi connectivity index (χ4n) is 2.40. The van der Waals surface area contributed by atoms with E-state index in [2.05, 4.69) is 9.97 Å². The predicted octanol–water partition coefficient (Wildman–Crippen LogP) is 3.92. The lowest BCUT2D eigenvalue weighted by molar-refractivity contribution is 0.608. The summed E-state index contributed by atoms with van der Waals surface area (Å²) in [4.78, 5) is 8.81. The van der Waals surface area contributed by atoms with E-state index in [0.29, 0.717) is 5.82 Å². The van der Waals surface area contributed by atoms with Gasteiger partial charge in [-0.2, -0.15) is 0 Å². The smallest absolute Gasteiger partial charge is 0.125 e. The molecule has 0 aliphatic rings. The molecule has 1 atom stereocenters. The molecule has 2 heterocycles. The van der Waals surface area contributed by atoms with E-state index in [1.807, 2.05) is 29.7 Å². The Bertz CT molecular complexity index is 739. The fraction of sp³-hybridized carbons (Fsp3) is 0.200. The Kier molecular flexibility index (Phi) is 3.40. The van der Waals surface area contributed by atoms with Crippen LogP contribution in [0.2, 0.25) is 0 Å². The van der Waals surface area contributed by atoms with Gasteiger partial charge in [-0.05, 0) is 37.3 Å². The van der Waals surface area contributed by atoms with Gasteiger partial charge in [0.2, 0.25) is 0 Å². The first-order valence-corrected chi connectivity index (χ1v) is 6.87. The van der Waals surface area contributed by atoms with E-state index >= 15 is 0 Å². The molecule has 0 saturated carbocycles. The molecule has 2 aromatic heterocycles. The first-order valence-electron chi connectivity index (χ1n) is 6.34. The van der Waals surface area contributed by atoms with E-state index in [9.17, 15) is 4.39 Å². The normalized spacial score (nSPS) is 12.8. The van der Waals surface area contributed by atoms with Crippen molar-refractivity contribution in [3.05, 3.63) is 59.9 Å². The number of rotatable bonds is 3. The molecule has 20 heavy (non-hydrogen) atoms. The van der Waals surface area contributed by atoms with E-state index in [1.54, 1.807) is 12.3 Å². The Hall–Kier alpha value is -1.94. The lowest BCUT2D eigenvalue weighted by atomic mass is 10.2. The number of pyridine rings is 1. The highest BCUT2D eigenvalue weighted by Gasteiger charge is 2.17. The van der Waals surface area contributed by atoms with Crippen molar-refractivity contribution in [1.29, 1.82) is 0 Å². The van der Waals surface area contributed by atoms with E-state index < -0.39 is 0 Å². The number of fused-ring (bicyclic) bond motifs is 1. The van der Waals surface area contributed by atoms with Crippen LogP contribution in [-0.4, -0.2) is 14.5 Å². The molecule has 0 aliphatic heterocycles. The molecule has 0 fully saturated rings. The number of alkyl halides is 1. The van der Waals surface area contributed by atoms with Crippen molar-refractivity contribution in [2.75, 3.05) is 0 Å². The third-order valence-electron chi connectivity index (χ3n) is 3.35. The second kappa shape index (κ2) is 5.21. The number of nitrogens with zero attached hydrogens (tertiary/aromatic N) is 3. The van der Waals surface area contributed by atoms with Crippen molar-refractivity contribution in [2.24, 2.45) is 0 Å². The molecule has 0 spiro atoms. The SMILES string of the molecule is CC(c1ccccn1)n1c(CCl)nc2ccc(F)cc21. The van der Waals surface area contributed by atoms with E-state index in [4.69, 9.17) is 11.6 Å². The summed E-state index contributed by atoms with van der Waals surface area (Å²) in [6.45, 7) is 2.00. The van der Waals surface area contributed by atoms with Gasteiger partial charge in [-0.1, -0.05) is 6.07 Å². The third-order valence-corrected chi connectivity index (χ3v) is 3.59. The number of hydrogen-bond acceptors (Lipinski definition) is 2. The standard InChI is InChI=1S/C15H13ClFN3/c1-10(12-4-2-3-7-18-12)20-14-8-11(17)5-6-13(14)19-15(20)9-16/h2-8,10H,9H2,1H3. The zero-order valence-corrected chi connectivity index (χ0v) is 11.7. The van der Waals surface area contributed by atoms with Crippen LogP contribution in [0.3, 0.4) is 0 Å². The van der Waals surface area contributed by atoms with Gasteiger partial charge in [0.25, 0.3) is 0 Å². The molecule has 0 saturated heterocycles. The largest absolute Gasteiger partial charge is 0.318 e. The lowest BCUT2D eigenvalue weighted by Gasteiger charge is -2.16. The Morgan fingerprint density at radius 2 is 2.15 bits per heavy atom. The maximum atomic E-state index is 13.5. The molecule has 3 nitrogen and oxygen atoms in total. The Balaban J connectivity index is 2.21. The maximum absolute atomic E-state index is 13.5. The summed E-state index contributed by atoms with van der Waals surface area (Å²) in [6.07, 6.45) is 1.74. The lowest BCUT2D eigenvalue weighted by Crippen LogP contribution is -2.11. The average Bonchev–Trinajstić information content (AvgIpc) is 2.85. The van der Waals surface area contributed by atoms with Gasteiger partial charge in [-0.15, -0.1) is 11.6 Å². The van der Waals surface area contributed by atoms with Crippen LogP contribution in [0.25, 0.3) is 11.0 Å². The zero-order valence-electron chi connectivity index (χ0n) is 10.9. The zero-order chi connectivity index (χ0) is 14.1. The maximum Gasteiger partial charge on any atom is 0.125 e. The van der Waals surface area contributed by atoms with Crippen LogP contribution in [-0.2, 0) is 5.88 Å². The molecule has 5 heteroatoms. The van der Waals surface area contributed by atoms with Crippen LogP contribution in [0.5, 0.6) is 0 Å². The molecule has 0 aliphatic carbocycles. The van der Waals surface area contributed by atoms with Gasteiger partial charge in [-0.3, -0.25) is 4.98 Å². The average molecular weight is 290 g/mol. The van der Waals surface area contributed by atoms with Crippen LogP contribution < -0.4 is 0 Å². The summed E-state index contributed by atoms with van der Waals surface area (Å²) in [6, 6.07) is 10.2. The van der Waals surface area contributed by atoms with Crippen molar-refractivity contribution >= 4 is 22.6 Å². The van der Waals surface area contributed by atoms with Gasteiger partial charge < -0.3 is 4.57 Å². The summed E-state index contributed by atoms with van der Waals surface area (Å²) in [5.74, 6) is 0.700. The topological polar surface area (TPSA) is 30.7 Å². The second-order valence-corrected chi connectivity index (χ2v) is 4.86. The third kappa shape index (κ3) is 2.16. The summed E-state index contributed by atoms with van der Waals surface area (Å²) < 4.78 is 15.4. The minimum atomic E-state index is -0.284. The molecule has 0 N–H and O–H groups in total. The fourth-order valence-corrected chi connectivity index (χ4v) is 2.59. The summed E-state index contributed by atoms with van der Waals surface area (Å²) in [5.41, 5.74) is 2.37. The highest BCUT2D eigenvalue weighted by molar-refractivity contribution is 6.16. The van der Waals surface area contributed by atoms with Gasteiger partial charge in [-0.25, -0.2) is 9.37 Å². The van der Waals surface area contributed by atoms with Crippen LogP contribution >= 0.6 is 11.6 Å². The van der Waals surface area contributed by atoms with Gasteiger partial charge in [0.05, 0.1) is 28.6 Å². The molecule has 0 amide bonds. The number of imidazole rings is 1. The van der Waals surface area contributed by atoms with Gasteiger partial charge >= 0.3 is 0 Å². The van der Waals surface area contributed by atoms with Crippen molar-refractivity contribution in [3.63, 3.8) is 0 Å². The Labute approximate surface area is 121 Å². The monoisotopic (exact) mass is 289 g/mol. The van der Waals surface area contributed by atoms with Crippen molar-refractivity contribution in [3.8, 4) is 0 Å². The number of aromatic nitrogens is 3. The minimum Gasteiger partial charge on any atom is -0.318 e. The molecule has 3 aromatic rings. The number of benzene rings is 1. The Morgan fingerprint density at radius 3 is 2.85 bits per heavy atom. The van der Waals surface area contributed by atoms with Crippen molar-refractivity contribution in [1.82, 2.24) is 14.5 Å². The molecule has 3 rings (SSSR count). The van der Waals surface area contributed by atoms with Gasteiger partial charge in [0.1, 0.15) is 11.6 Å². The first-order chi connectivity index (χ1) is 9.70. The van der Waals surface area contributed by atoms with E-state index in [0.717, 1.165) is 16.7 Å². The highest BCUT2D eigenvalue weighted by Crippen LogP contribution is 2.26. The molecule has 1 aromatic carbocycles. The first kappa shape index (κ1) is 13.1. The van der Waals surface area contributed by atoms with Crippen LogP contribution in [0, 0.1) is 5.82 Å². The highest BCUT2D eigenvalue weighted by atomic mass is 35.5. The predicted molar refractivity (Wildman–Crippen MR) is 77.3 cm³/mol. The van der Waals surface area contributed by atoms with Crippen LogP contribution in [0.15, 0.2) is 42.6 Å². The van der Waals surface area contributed by atoms with Gasteiger partial charge in [0.15, 0.2) is 0 Å². The quantitative estimate of drug-likeness (QED) is 0.684. The number of hydrogen-bond donors (Lipinski definition) is 0. The summed E-state index contributed by atoms with van der Waals surface area (Å²) in [7, 11) is 0. The minimum absolute atomic E-state index is 0.0586. The number of halogens is 2. The molecule has 0 bridgehead atoms. The van der Waals surface area contributed by atoms with Crippen molar-refractivity contribution < 1.29 is 4.39 Å². The molecular formula is C15H13ClFN3.